The summed E-state index contributed by atoms with van der Waals surface area (Å²) in [4.78, 5) is 0. The molecule has 3 N–H and O–H groups in total. The Morgan fingerprint density at radius 2 is 1.06 bits per heavy atom. The van der Waals surface area contributed by atoms with Crippen LogP contribution in [-0.4, -0.2) is 39.2 Å². The molecule has 0 radical (unpaired) electrons. The van der Waals surface area contributed by atoms with Crippen LogP contribution >= 0.6 is 0 Å². The predicted octanol–water partition coefficient (Wildman–Crippen LogP) is 4.14. The molecule has 4 unspecified atom stereocenters. The van der Waals surface area contributed by atoms with Gasteiger partial charge in [0.1, 0.15) is 5.75 Å². The van der Waals surface area contributed by atoms with Crippen molar-refractivity contribution in [2.45, 2.75) is 32.2 Å². The molecule has 0 amide bonds. The van der Waals surface area contributed by atoms with E-state index in [4.69, 9.17) is 0 Å². The predicted molar refractivity (Wildman–Crippen MR) is 134 cm³/mol. The number of hydrazone groups is 2. The highest BCUT2D eigenvalue weighted by atomic mass is 16.3. The van der Waals surface area contributed by atoms with Crippen molar-refractivity contribution in [3.63, 3.8) is 0 Å². The third-order valence-electron chi connectivity index (χ3n) is 6.75. The van der Waals surface area contributed by atoms with Crippen LogP contribution in [0, 0.1) is 11.8 Å². The second kappa shape index (κ2) is 8.93. The van der Waals surface area contributed by atoms with Gasteiger partial charge in [-0.3, -0.25) is 0 Å². The number of hydrogen-bond acceptors (Lipinski definition) is 7. The summed E-state index contributed by atoms with van der Waals surface area (Å²) in [6.45, 7) is 3.76. The molecule has 0 aromatic heterocycles. The smallest absolute Gasteiger partial charge is 0.156 e. The van der Waals surface area contributed by atoms with E-state index >= 15 is 0 Å². The van der Waals surface area contributed by atoms with Crippen molar-refractivity contribution >= 4 is 22.8 Å². The van der Waals surface area contributed by atoms with Crippen LogP contribution in [0.1, 0.15) is 25.3 Å². The van der Waals surface area contributed by atoms with Gasteiger partial charge in [0.05, 0.1) is 23.2 Å². The Hall–Kier alpha value is -3.68. The first-order valence-electron chi connectivity index (χ1n) is 11.4. The minimum atomic E-state index is -0.974. The number of rotatable bonds is 5. The lowest BCUT2D eigenvalue weighted by molar-refractivity contribution is 0.0879. The number of aliphatic hydroxyl groups is 2. The minimum Gasteiger partial charge on any atom is -0.508 e. The Morgan fingerprint density at radius 3 is 1.50 bits per heavy atom. The molecule has 5 rings (SSSR count). The zero-order chi connectivity index (χ0) is 23.8. The highest BCUT2D eigenvalue weighted by Crippen LogP contribution is 2.47. The van der Waals surface area contributed by atoms with Gasteiger partial charge in [0, 0.05) is 17.3 Å². The van der Waals surface area contributed by atoms with E-state index in [0.717, 1.165) is 22.8 Å². The van der Waals surface area contributed by atoms with Crippen molar-refractivity contribution in [1.82, 2.24) is 0 Å². The first-order chi connectivity index (χ1) is 16.5. The molecule has 0 aliphatic carbocycles. The summed E-state index contributed by atoms with van der Waals surface area (Å²) >= 11 is 0. The molecule has 2 aliphatic heterocycles. The second-order valence-corrected chi connectivity index (χ2v) is 8.81. The van der Waals surface area contributed by atoms with Gasteiger partial charge in [0.15, 0.2) is 12.5 Å². The van der Waals surface area contributed by atoms with Crippen LogP contribution in [-0.2, 0) is 0 Å². The Morgan fingerprint density at radius 1 is 0.647 bits per heavy atom. The fraction of sp³-hybridized carbons (Fsp3) is 0.259. The van der Waals surface area contributed by atoms with Crippen molar-refractivity contribution in [2.24, 2.45) is 22.0 Å². The van der Waals surface area contributed by atoms with Gasteiger partial charge in [0.2, 0.25) is 0 Å². The highest BCUT2D eigenvalue weighted by Gasteiger charge is 2.50. The molecular weight excluding hydrogens is 428 g/mol. The largest absolute Gasteiger partial charge is 0.508 e. The molecule has 2 aliphatic rings. The molecule has 3 aromatic rings. The molecule has 3 aromatic carbocycles. The van der Waals surface area contributed by atoms with Gasteiger partial charge in [0.25, 0.3) is 0 Å². The van der Waals surface area contributed by atoms with Crippen molar-refractivity contribution in [3.8, 4) is 5.75 Å². The normalized spacial score (nSPS) is 25.3. The van der Waals surface area contributed by atoms with Gasteiger partial charge >= 0.3 is 0 Å². The third kappa shape index (κ3) is 3.73. The molecule has 0 bridgehead atoms. The monoisotopic (exact) mass is 456 g/mol. The van der Waals surface area contributed by atoms with Crippen molar-refractivity contribution in [3.05, 3.63) is 90.5 Å². The Labute approximate surface area is 198 Å². The Bertz CT molecular complexity index is 1140. The zero-order valence-electron chi connectivity index (χ0n) is 19.1. The van der Waals surface area contributed by atoms with Gasteiger partial charge in [-0.2, -0.15) is 10.2 Å². The summed E-state index contributed by atoms with van der Waals surface area (Å²) in [6.07, 6.45) is -1.95. The average Bonchev–Trinajstić information content (AvgIpc) is 3.32. The maximum Gasteiger partial charge on any atom is 0.156 e. The fourth-order valence-electron chi connectivity index (χ4n) is 5.18. The molecule has 0 saturated carbocycles. The molecule has 0 spiro atoms. The van der Waals surface area contributed by atoms with Crippen molar-refractivity contribution in [1.29, 1.82) is 0 Å². The second-order valence-electron chi connectivity index (χ2n) is 8.81. The number of benzene rings is 3. The zero-order valence-corrected chi connectivity index (χ0v) is 19.1. The summed E-state index contributed by atoms with van der Waals surface area (Å²) < 4.78 is 0. The minimum absolute atomic E-state index is 0.115. The SMILES string of the molecule is CC1=NN(c2ccccc2)C(O)C1C(c1ccccc1O)C1C(C)=NN(c2ccccc2)C1O. The Balaban J connectivity index is 1.57. The highest BCUT2D eigenvalue weighted by molar-refractivity contribution is 5.93. The quantitative estimate of drug-likeness (QED) is 0.537. The molecule has 7 heteroatoms. The van der Waals surface area contributed by atoms with E-state index < -0.39 is 30.2 Å². The topological polar surface area (TPSA) is 91.9 Å². The van der Waals surface area contributed by atoms with Crippen LogP contribution in [0.15, 0.2) is 95.1 Å². The molecule has 0 saturated heterocycles. The molecule has 34 heavy (non-hydrogen) atoms. The number of anilines is 2. The molecular formula is C27H28N4O3. The first kappa shape index (κ1) is 22.1. The molecule has 174 valence electrons. The Kier molecular flexibility index (Phi) is 5.81. The van der Waals surface area contributed by atoms with Crippen LogP contribution in [0.4, 0.5) is 11.4 Å². The first-order valence-corrected chi connectivity index (χ1v) is 11.4. The van der Waals surface area contributed by atoms with Gasteiger partial charge in [-0.1, -0.05) is 54.6 Å². The fourth-order valence-corrected chi connectivity index (χ4v) is 5.18. The summed E-state index contributed by atoms with van der Waals surface area (Å²) in [7, 11) is 0. The number of hydrogen-bond donors (Lipinski definition) is 3. The van der Waals surface area contributed by atoms with Gasteiger partial charge in [-0.15, -0.1) is 0 Å². The lowest BCUT2D eigenvalue weighted by Gasteiger charge is -2.36. The third-order valence-corrected chi connectivity index (χ3v) is 6.75. The van der Waals surface area contributed by atoms with E-state index in [2.05, 4.69) is 10.2 Å². The van der Waals surface area contributed by atoms with E-state index in [9.17, 15) is 15.3 Å². The standard InChI is InChI=1S/C27H28N4O3/c1-17-23(26(33)30(28-17)19-11-5-3-6-12-19)25(21-15-9-10-16-22(21)32)24-18(2)29-31(27(24)34)20-13-7-4-8-14-20/h3-16,23-27,32-34H,1-2H3. The van der Waals surface area contributed by atoms with Gasteiger partial charge in [-0.05, 0) is 49.7 Å². The van der Waals surface area contributed by atoms with Crippen LogP contribution in [0.25, 0.3) is 0 Å². The molecule has 2 heterocycles. The lowest BCUT2D eigenvalue weighted by atomic mass is 9.72. The molecule has 0 fully saturated rings. The number of para-hydroxylation sites is 3. The summed E-state index contributed by atoms with van der Waals surface area (Å²) in [5.74, 6) is -1.31. The number of aromatic hydroxyl groups is 1. The van der Waals surface area contributed by atoms with Crippen LogP contribution in [0.2, 0.25) is 0 Å². The lowest BCUT2D eigenvalue weighted by Crippen LogP contribution is -2.44. The average molecular weight is 457 g/mol. The van der Waals surface area contributed by atoms with Gasteiger partial charge in [-0.25, -0.2) is 10.0 Å². The van der Waals surface area contributed by atoms with E-state index in [1.54, 1.807) is 22.2 Å². The summed E-state index contributed by atoms with van der Waals surface area (Å²) in [5.41, 5.74) is 3.64. The van der Waals surface area contributed by atoms with Crippen LogP contribution in [0.5, 0.6) is 5.75 Å². The van der Waals surface area contributed by atoms with E-state index in [1.165, 1.54) is 0 Å². The van der Waals surface area contributed by atoms with Gasteiger partial charge < -0.3 is 15.3 Å². The van der Waals surface area contributed by atoms with Crippen LogP contribution < -0.4 is 10.0 Å². The summed E-state index contributed by atoms with van der Waals surface area (Å²) in [5, 5.41) is 46.4. The number of nitrogens with zero attached hydrogens (tertiary/aromatic N) is 4. The summed E-state index contributed by atoms with van der Waals surface area (Å²) in [6, 6.07) is 26.1. The van der Waals surface area contributed by atoms with E-state index in [0.29, 0.717) is 5.56 Å². The number of phenolic OH excluding ortho intramolecular Hbond substituents is 1. The molecule has 7 nitrogen and oxygen atoms in total. The van der Waals surface area contributed by atoms with Crippen molar-refractivity contribution in [2.75, 3.05) is 10.0 Å². The van der Waals surface area contributed by atoms with E-state index in [-0.39, 0.29) is 5.75 Å². The maximum absolute atomic E-state index is 11.5. The van der Waals surface area contributed by atoms with E-state index in [1.807, 2.05) is 86.6 Å². The molecule has 4 atom stereocenters. The number of phenols is 1. The maximum atomic E-state index is 11.5. The van der Waals surface area contributed by atoms with Crippen LogP contribution in [0.3, 0.4) is 0 Å². The van der Waals surface area contributed by atoms with Crippen molar-refractivity contribution < 1.29 is 15.3 Å². The number of aliphatic hydroxyl groups excluding tert-OH is 2.